The molecule has 1 aromatic rings. The van der Waals surface area contributed by atoms with Crippen LogP contribution in [-0.4, -0.2) is 46.5 Å². The molecule has 2 aliphatic heterocycles. The molecule has 2 saturated heterocycles. The third kappa shape index (κ3) is 3.22. The van der Waals surface area contributed by atoms with E-state index in [-0.39, 0.29) is 29.3 Å². The molecule has 2 bridgehead atoms. The Morgan fingerprint density at radius 3 is 2.40 bits per heavy atom. The Bertz CT molecular complexity index is 622. The first-order valence-electron chi connectivity index (χ1n) is 9.07. The van der Waals surface area contributed by atoms with Gasteiger partial charge in [0.2, 0.25) is 0 Å². The summed E-state index contributed by atoms with van der Waals surface area (Å²) in [6.45, 7) is 6.07. The van der Waals surface area contributed by atoms with Crippen molar-refractivity contribution >= 4 is 6.09 Å². The van der Waals surface area contributed by atoms with Crippen molar-refractivity contribution in [2.24, 2.45) is 11.3 Å². The van der Waals surface area contributed by atoms with Gasteiger partial charge >= 0.3 is 6.09 Å². The molecule has 2 N–H and O–H groups in total. The van der Waals surface area contributed by atoms with Crippen LogP contribution in [0.5, 0.6) is 5.75 Å². The van der Waals surface area contributed by atoms with Gasteiger partial charge in [-0.25, -0.2) is 4.79 Å². The molecule has 0 radical (unpaired) electrons. The summed E-state index contributed by atoms with van der Waals surface area (Å²) in [7, 11) is 1.65. The molecule has 1 aromatic carbocycles. The maximum Gasteiger partial charge on any atom is 0.407 e. The van der Waals surface area contributed by atoms with E-state index in [1.165, 1.54) is 0 Å². The van der Waals surface area contributed by atoms with Gasteiger partial charge in [-0.15, -0.1) is 0 Å². The minimum absolute atomic E-state index is 0.0537. The normalized spacial score (nSPS) is 30.2. The second kappa shape index (κ2) is 6.52. The summed E-state index contributed by atoms with van der Waals surface area (Å²) in [5, 5.41) is 20.8. The van der Waals surface area contributed by atoms with Crippen LogP contribution in [0.15, 0.2) is 24.3 Å². The Kier molecular flexibility index (Phi) is 4.71. The van der Waals surface area contributed by atoms with Gasteiger partial charge in [0.1, 0.15) is 5.75 Å². The molecule has 0 aliphatic carbocycles. The number of benzene rings is 1. The van der Waals surface area contributed by atoms with Crippen molar-refractivity contribution in [3.8, 4) is 5.75 Å². The standard InChI is InChI=1S/C20H29NO4/c1-20(2,3)18(22)17-15(12-5-8-14(25-4)9-6-12)11-13-7-10-16(17)21(13)19(23)24/h5-6,8-9,13,15-18,22H,7,10-11H2,1-4H3,(H,23,24). The average molecular weight is 347 g/mol. The number of ether oxygens (including phenoxy) is 1. The number of amides is 1. The van der Waals surface area contributed by atoms with Crippen molar-refractivity contribution in [3.05, 3.63) is 29.8 Å². The summed E-state index contributed by atoms with van der Waals surface area (Å²) < 4.78 is 5.25. The van der Waals surface area contributed by atoms with Crippen molar-refractivity contribution in [3.63, 3.8) is 0 Å². The molecule has 0 saturated carbocycles. The van der Waals surface area contributed by atoms with Crippen LogP contribution in [-0.2, 0) is 0 Å². The molecule has 2 aliphatic rings. The molecule has 2 heterocycles. The first kappa shape index (κ1) is 18.1. The topological polar surface area (TPSA) is 70.0 Å². The fraction of sp³-hybridized carbons (Fsp3) is 0.650. The van der Waals surface area contributed by atoms with E-state index >= 15 is 0 Å². The van der Waals surface area contributed by atoms with Crippen LogP contribution in [0.1, 0.15) is 51.5 Å². The second-order valence-electron chi connectivity index (χ2n) is 8.49. The number of nitrogens with zero attached hydrogens (tertiary/aromatic N) is 1. The molecule has 25 heavy (non-hydrogen) atoms. The van der Waals surface area contributed by atoms with E-state index in [4.69, 9.17) is 4.74 Å². The zero-order valence-electron chi connectivity index (χ0n) is 15.5. The number of methoxy groups -OCH3 is 1. The zero-order chi connectivity index (χ0) is 18.4. The van der Waals surface area contributed by atoms with Gasteiger partial charge in [-0.2, -0.15) is 0 Å². The maximum atomic E-state index is 11.8. The van der Waals surface area contributed by atoms with Crippen LogP contribution >= 0.6 is 0 Å². The third-order valence-electron chi connectivity index (χ3n) is 6.00. The highest BCUT2D eigenvalue weighted by molar-refractivity contribution is 5.67. The smallest absolute Gasteiger partial charge is 0.407 e. The number of fused-ring (bicyclic) bond motifs is 2. The molecular formula is C20H29NO4. The van der Waals surface area contributed by atoms with Crippen molar-refractivity contribution in [1.82, 2.24) is 4.90 Å². The molecule has 138 valence electrons. The molecule has 0 spiro atoms. The van der Waals surface area contributed by atoms with Crippen LogP contribution in [0.25, 0.3) is 0 Å². The van der Waals surface area contributed by atoms with Crippen molar-refractivity contribution in [2.75, 3.05) is 7.11 Å². The van der Waals surface area contributed by atoms with Crippen LogP contribution in [0, 0.1) is 11.3 Å². The Morgan fingerprint density at radius 2 is 1.88 bits per heavy atom. The summed E-state index contributed by atoms with van der Waals surface area (Å²) in [5.41, 5.74) is 0.866. The molecule has 0 aromatic heterocycles. The van der Waals surface area contributed by atoms with E-state index in [1.807, 2.05) is 32.9 Å². The van der Waals surface area contributed by atoms with Gasteiger partial charge < -0.3 is 19.8 Å². The van der Waals surface area contributed by atoms with Crippen molar-refractivity contribution in [2.45, 2.75) is 64.1 Å². The average Bonchev–Trinajstić information content (AvgIpc) is 2.88. The van der Waals surface area contributed by atoms with Crippen molar-refractivity contribution in [1.29, 1.82) is 0 Å². The predicted molar refractivity (Wildman–Crippen MR) is 96.0 cm³/mol. The van der Waals surface area contributed by atoms with Gasteiger partial charge in [-0.1, -0.05) is 32.9 Å². The van der Waals surface area contributed by atoms with E-state index in [0.717, 1.165) is 30.6 Å². The lowest BCUT2D eigenvalue weighted by molar-refractivity contribution is -0.0500. The lowest BCUT2D eigenvalue weighted by atomic mass is 9.67. The third-order valence-corrected chi connectivity index (χ3v) is 6.00. The van der Waals surface area contributed by atoms with E-state index in [0.29, 0.717) is 0 Å². The highest BCUT2D eigenvalue weighted by Crippen LogP contribution is 2.50. The summed E-state index contributed by atoms with van der Waals surface area (Å²) >= 11 is 0. The van der Waals surface area contributed by atoms with E-state index in [9.17, 15) is 15.0 Å². The lowest BCUT2D eigenvalue weighted by Crippen LogP contribution is -2.55. The molecular weight excluding hydrogens is 318 g/mol. The Morgan fingerprint density at radius 1 is 1.24 bits per heavy atom. The minimum atomic E-state index is -0.855. The second-order valence-corrected chi connectivity index (χ2v) is 8.49. The molecule has 2 fully saturated rings. The van der Waals surface area contributed by atoms with Crippen LogP contribution in [0.4, 0.5) is 4.79 Å². The molecule has 5 heteroatoms. The maximum absolute atomic E-state index is 11.8. The zero-order valence-corrected chi connectivity index (χ0v) is 15.5. The van der Waals surface area contributed by atoms with Crippen molar-refractivity contribution < 1.29 is 19.7 Å². The Balaban J connectivity index is 1.99. The molecule has 5 unspecified atom stereocenters. The Hall–Kier alpha value is -1.75. The minimum Gasteiger partial charge on any atom is -0.497 e. The van der Waals surface area contributed by atoms with Crippen LogP contribution in [0.3, 0.4) is 0 Å². The lowest BCUT2D eigenvalue weighted by Gasteiger charge is -2.48. The SMILES string of the molecule is COc1ccc(C2CC3CCC(C2C(O)C(C)(C)C)N3C(=O)O)cc1. The summed E-state index contributed by atoms with van der Waals surface area (Å²) in [5.74, 6) is 0.874. The summed E-state index contributed by atoms with van der Waals surface area (Å²) in [6.07, 6.45) is 1.07. The highest BCUT2D eigenvalue weighted by atomic mass is 16.5. The number of carbonyl (C=O) groups is 1. The number of aliphatic hydroxyl groups is 1. The van der Waals surface area contributed by atoms with Crippen LogP contribution in [0.2, 0.25) is 0 Å². The number of hydrogen-bond acceptors (Lipinski definition) is 3. The van der Waals surface area contributed by atoms with E-state index < -0.39 is 12.2 Å². The van der Waals surface area contributed by atoms with E-state index in [2.05, 4.69) is 12.1 Å². The summed E-state index contributed by atoms with van der Waals surface area (Å²) in [6, 6.07) is 7.95. The fourth-order valence-corrected chi connectivity index (χ4v) is 4.76. The number of rotatable bonds is 3. The monoisotopic (exact) mass is 347 g/mol. The first-order valence-corrected chi connectivity index (χ1v) is 9.07. The molecule has 3 rings (SSSR count). The number of piperidine rings is 1. The van der Waals surface area contributed by atoms with Crippen LogP contribution < -0.4 is 4.74 Å². The van der Waals surface area contributed by atoms with E-state index in [1.54, 1.807) is 12.0 Å². The van der Waals surface area contributed by atoms with Gasteiger partial charge in [0.25, 0.3) is 0 Å². The number of carboxylic acid groups (broad SMARTS) is 1. The van der Waals surface area contributed by atoms with Gasteiger partial charge in [-0.05, 0) is 48.3 Å². The van der Waals surface area contributed by atoms with Gasteiger partial charge in [0, 0.05) is 18.0 Å². The number of aliphatic hydroxyl groups excluding tert-OH is 1. The summed E-state index contributed by atoms with van der Waals surface area (Å²) in [4.78, 5) is 13.4. The van der Waals surface area contributed by atoms with Gasteiger partial charge in [0.05, 0.1) is 13.2 Å². The Labute approximate surface area is 149 Å². The molecule has 1 amide bonds. The highest BCUT2D eigenvalue weighted by Gasteiger charge is 2.53. The largest absolute Gasteiger partial charge is 0.497 e. The predicted octanol–water partition coefficient (Wildman–Crippen LogP) is 3.72. The molecule has 5 atom stereocenters. The molecule has 5 nitrogen and oxygen atoms in total. The number of hydrogen-bond donors (Lipinski definition) is 2. The quantitative estimate of drug-likeness (QED) is 0.874. The van der Waals surface area contributed by atoms with Gasteiger partial charge in [0.15, 0.2) is 0 Å². The first-order chi connectivity index (χ1) is 11.7. The van der Waals surface area contributed by atoms with Gasteiger partial charge in [-0.3, -0.25) is 0 Å². The fourth-order valence-electron chi connectivity index (χ4n) is 4.76.